The highest BCUT2D eigenvalue weighted by atomic mass is 32.2. The lowest BCUT2D eigenvalue weighted by Gasteiger charge is -2.17. The van der Waals surface area contributed by atoms with E-state index in [4.69, 9.17) is 0 Å². The molecule has 0 spiro atoms. The zero-order valence-corrected chi connectivity index (χ0v) is 12.4. The fraction of sp³-hybridized carbons (Fsp3) is 0.312. The maximum absolute atomic E-state index is 13.6. The van der Waals surface area contributed by atoms with Crippen LogP contribution in [-0.4, -0.2) is 23.3 Å². The summed E-state index contributed by atoms with van der Waals surface area (Å²) < 4.78 is 13.6. The van der Waals surface area contributed by atoms with Crippen molar-refractivity contribution < 1.29 is 4.39 Å². The minimum atomic E-state index is -0.148. The maximum Gasteiger partial charge on any atom is 0.136 e. The Balaban J connectivity index is 1.94. The molecule has 4 heteroatoms. The predicted molar refractivity (Wildman–Crippen MR) is 82.5 cm³/mol. The fourth-order valence-electron chi connectivity index (χ4n) is 2.00. The summed E-state index contributed by atoms with van der Waals surface area (Å²) in [6.07, 6.45) is 2.67. The smallest absolute Gasteiger partial charge is 0.136 e. The van der Waals surface area contributed by atoms with Crippen LogP contribution in [-0.2, 0) is 6.42 Å². The Morgan fingerprint density at radius 1 is 1.20 bits per heavy atom. The van der Waals surface area contributed by atoms with Crippen molar-refractivity contribution in [3.8, 4) is 0 Å². The molecule has 2 rings (SSSR count). The molecule has 1 atom stereocenters. The highest BCUT2D eigenvalue weighted by Crippen LogP contribution is 2.22. The molecule has 0 saturated heterocycles. The molecule has 0 radical (unpaired) electrons. The Morgan fingerprint density at radius 2 is 2.00 bits per heavy atom. The summed E-state index contributed by atoms with van der Waals surface area (Å²) in [5.41, 5.74) is 1.06. The average Bonchev–Trinajstić information content (AvgIpc) is 2.47. The first kappa shape index (κ1) is 15.0. The van der Waals surface area contributed by atoms with Crippen LogP contribution in [0.25, 0.3) is 0 Å². The van der Waals surface area contributed by atoms with E-state index < -0.39 is 0 Å². The van der Waals surface area contributed by atoms with Crippen LogP contribution < -0.4 is 5.32 Å². The van der Waals surface area contributed by atoms with Crippen molar-refractivity contribution in [1.29, 1.82) is 0 Å². The summed E-state index contributed by atoms with van der Waals surface area (Å²) in [6, 6.07) is 13.1. The van der Waals surface area contributed by atoms with E-state index in [0.29, 0.717) is 10.9 Å². The van der Waals surface area contributed by atoms with Crippen LogP contribution in [0.3, 0.4) is 0 Å². The second kappa shape index (κ2) is 8.02. The van der Waals surface area contributed by atoms with Crippen LogP contribution >= 0.6 is 11.8 Å². The van der Waals surface area contributed by atoms with Gasteiger partial charge in [0.1, 0.15) is 5.82 Å². The van der Waals surface area contributed by atoms with Gasteiger partial charge >= 0.3 is 0 Å². The molecule has 0 aliphatic carbocycles. The van der Waals surface area contributed by atoms with Crippen molar-refractivity contribution >= 4 is 11.8 Å². The van der Waals surface area contributed by atoms with Gasteiger partial charge in [0.15, 0.2) is 0 Å². The van der Waals surface area contributed by atoms with E-state index in [0.717, 1.165) is 24.4 Å². The molecular formula is C16H19FN2S. The van der Waals surface area contributed by atoms with Crippen LogP contribution in [0.2, 0.25) is 0 Å². The number of rotatable bonds is 7. The molecule has 1 unspecified atom stereocenters. The van der Waals surface area contributed by atoms with Gasteiger partial charge in [0.25, 0.3) is 0 Å². The molecule has 2 aromatic rings. The molecule has 1 heterocycles. The van der Waals surface area contributed by atoms with Gasteiger partial charge in [0.05, 0.1) is 0 Å². The Hall–Kier alpha value is -1.39. The van der Waals surface area contributed by atoms with Crippen LogP contribution in [0.15, 0.2) is 53.6 Å². The van der Waals surface area contributed by atoms with Crippen molar-refractivity contribution in [3.05, 3.63) is 60.2 Å². The summed E-state index contributed by atoms with van der Waals surface area (Å²) in [5, 5.41) is 3.44. The van der Waals surface area contributed by atoms with Crippen LogP contribution in [0, 0.1) is 5.82 Å². The number of halogens is 1. The molecule has 1 aromatic carbocycles. The highest BCUT2D eigenvalue weighted by Gasteiger charge is 2.11. The van der Waals surface area contributed by atoms with Crippen molar-refractivity contribution in [2.24, 2.45) is 0 Å². The average molecular weight is 290 g/mol. The lowest BCUT2D eigenvalue weighted by molar-refractivity contribution is 0.565. The lowest BCUT2D eigenvalue weighted by Crippen LogP contribution is -2.33. The molecule has 0 amide bonds. The highest BCUT2D eigenvalue weighted by molar-refractivity contribution is 7.99. The van der Waals surface area contributed by atoms with Gasteiger partial charge < -0.3 is 5.32 Å². The number of benzene rings is 1. The topological polar surface area (TPSA) is 24.9 Å². The molecule has 0 aliphatic rings. The standard InChI is InChI=1S/C16H19FN2S/c1-2-18-14(11-13-7-5-6-10-19-13)12-20-16-9-4-3-8-15(16)17/h3-10,14,18H,2,11-12H2,1H3. The van der Waals surface area contributed by atoms with Crippen molar-refractivity contribution in [2.75, 3.05) is 12.3 Å². The SMILES string of the molecule is CCNC(CSc1ccccc1F)Cc1ccccn1. The molecule has 0 fully saturated rings. The lowest BCUT2D eigenvalue weighted by atomic mass is 10.1. The molecular weight excluding hydrogens is 271 g/mol. The first-order valence-electron chi connectivity index (χ1n) is 6.80. The Kier molecular flexibility index (Phi) is 6.02. The molecule has 0 bridgehead atoms. The number of pyridine rings is 1. The van der Waals surface area contributed by atoms with Gasteiger partial charge in [0, 0.05) is 35.0 Å². The quantitative estimate of drug-likeness (QED) is 0.790. The monoisotopic (exact) mass is 290 g/mol. The second-order valence-corrected chi connectivity index (χ2v) is 5.58. The summed E-state index contributed by atoms with van der Waals surface area (Å²) in [7, 11) is 0. The molecule has 1 N–H and O–H groups in total. The van der Waals surface area contributed by atoms with Crippen molar-refractivity contribution in [2.45, 2.75) is 24.3 Å². The van der Waals surface area contributed by atoms with E-state index in [1.807, 2.05) is 36.5 Å². The minimum absolute atomic E-state index is 0.148. The fourth-order valence-corrected chi connectivity index (χ4v) is 3.00. The van der Waals surface area contributed by atoms with Crippen LogP contribution in [0.4, 0.5) is 4.39 Å². The van der Waals surface area contributed by atoms with Gasteiger partial charge in [0.2, 0.25) is 0 Å². The van der Waals surface area contributed by atoms with Crippen molar-refractivity contribution in [1.82, 2.24) is 10.3 Å². The number of thioether (sulfide) groups is 1. The number of nitrogens with one attached hydrogen (secondary N) is 1. The molecule has 20 heavy (non-hydrogen) atoms. The van der Waals surface area contributed by atoms with Gasteiger partial charge in [-0.25, -0.2) is 4.39 Å². The van der Waals surface area contributed by atoms with Crippen LogP contribution in [0.5, 0.6) is 0 Å². The van der Waals surface area contributed by atoms with E-state index in [1.165, 1.54) is 6.07 Å². The van der Waals surface area contributed by atoms with Gasteiger partial charge in [-0.15, -0.1) is 11.8 Å². The number of aromatic nitrogens is 1. The molecule has 1 aromatic heterocycles. The van der Waals surface area contributed by atoms with Crippen molar-refractivity contribution in [3.63, 3.8) is 0 Å². The Morgan fingerprint density at radius 3 is 2.70 bits per heavy atom. The van der Waals surface area contributed by atoms with Gasteiger partial charge in [-0.05, 0) is 30.8 Å². The zero-order chi connectivity index (χ0) is 14.2. The second-order valence-electron chi connectivity index (χ2n) is 4.52. The third kappa shape index (κ3) is 4.62. The largest absolute Gasteiger partial charge is 0.313 e. The summed E-state index contributed by atoms with van der Waals surface area (Å²) in [6.45, 7) is 2.98. The van der Waals surface area contributed by atoms with Gasteiger partial charge in [-0.3, -0.25) is 4.98 Å². The summed E-state index contributed by atoms with van der Waals surface area (Å²) >= 11 is 1.55. The molecule has 0 saturated carbocycles. The minimum Gasteiger partial charge on any atom is -0.313 e. The number of likely N-dealkylation sites (N-methyl/N-ethyl adjacent to an activating group) is 1. The third-order valence-corrected chi connectivity index (χ3v) is 4.16. The predicted octanol–water partition coefficient (Wildman–Crippen LogP) is 3.53. The van der Waals surface area contributed by atoms with E-state index in [1.54, 1.807) is 17.8 Å². The number of hydrogen-bond acceptors (Lipinski definition) is 3. The summed E-state index contributed by atoms with van der Waals surface area (Å²) in [5.74, 6) is 0.677. The van der Waals surface area contributed by atoms with E-state index in [-0.39, 0.29) is 5.82 Å². The number of hydrogen-bond donors (Lipinski definition) is 1. The maximum atomic E-state index is 13.6. The Bertz CT molecular complexity index is 519. The molecule has 2 nitrogen and oxygen atoms in total. The van der Waals surface area contributed by atoms with E-state index in [2.05, 4.69) is 17.2 Å². The normalized spacial score (nSPS) is 12.3. The zero-order valence-electron chi connectivity index (χ0n) is 11.6. The van der Waals surface area contributed by atoms with Gasteiger partial charge in [-0.2, -0.15) is 0 Å². The molecule has 0 aliphatic heterocycles. The van der Waals surface area contributed by atoms with E-state index >= 15 is 0 Å². The van der Waals surface area contributed by atoms with Gasteiger partial charge in [-0.1, -0.05) is 25.1 Å². The molecule has 106 valence electrons. The first-order valence-corrected chi connectivity index (χ1v) is 7.78. The third-order valence-electron chi connectivity index (χ3n) is 2.95. The summed E-state index contributed by atoms with van der Waals surface area (Å²) in [4.78, 5) is 5.06. The van der Waals surface area contributed by atoms with Crippen LogP contribution in [0.1, 0.15) is 12.6 Å². The number of nitrogens with zero attached hydrogens (tertiary/aromatic N) is 1. The van der Waals surface area contributed by atoms with E-state index in [9.17, 15) is 4.39 Å². The first-order chi connectivity index (χ1) is 9.79. The Labute approximate surface area is 123 Å².